The Balaban J connectivity index is 0.695. The summed E-state index contributed by atoms with van der Waals surface area (Å²) in [4.78, 5) is 2.33. The van der Waals surface area contributed by atoms with Gasteiger partial charge in [-0.2, -0.15) is 8.75 Å². The van der Waals surface area contributed by atoms with Crippen molar-refractivity contribution < 1.29 is 0 Å². The summed E-state index contributed by atoms with van der Waals surface area (Å²) in [5.41, 5.74) is 30.2. The van der Waals surface area contributed by atoms with Crippen LogP contribution in [0.3, 0.4) is 0 Å². The van der Waals surface area contributed by atoms with Crippen molar-refractivity contribution in [2.45, 2.75) is 0 Å². The monoisotopic (exact) mass is 1240 g/mol. The number of benzene rings is 15. The van der Waals surface area contributed by atoms with E-state index in [0.717, 1.165) is 78.3 Å². The molecular formula is C90H59N5S. The molecule has 18 aromatic rings. The van der Waals surface area contributed by atoms with Crippen molar-refractivity contribution in [1.29, 1.82) is 0 Å². The van der Waals surface area contributed by atoms with E-state index in [1.807, 2.05) is 0 Å². The molecule has 0 atom stereocenters. The third-order valence-electron chi connectivity index (χ3n) is 19.1. The number of nitrogens with zero attached hydrogens (tertiary/aromatic N) is 5. The van der Waals surface area contributed by atoms with Crippen LogP contribution in [0, 0.1) is 0 Å². The molecule has 0 saturated heterocycles. The van der Waals surface area contributed by atoms with Crippen LogP contribution in [0.25, 0.3) is 155 Å². The van der Waals surface area contributed by atoms with Gasteiger partial charge in [0.25, 0.3) is 0 Å². The van der Waals surface area contributed by atoms with E-state index in [9.17, 15) is 0 Å². The van der Waals surface area contributed by atoms with E-state index >= 15 is 0 Å². The highest BCUT2D eigenvalue weighted by molar-refractivity contribution is 7.00. The zero-order valence-electron chi connectivity index (χ0n) is 52.2. The van der Waals surface area contributed by atoms with Crippen LogP contribution in [0.5, 0.6) is 0 Å². The maximum absolute atomic E-state index is 5.11. The number of hydrogen-bond donors (Lipinski definition) is 0. The van der Waals surface area contributed by atoms with Crippen molar-refractivity contribution in [2.75, 3.05) is 4.90 Å². The highest BCUT2D eigenvalue weighted by atomic mass is 32.1. The highest BCUT2D eigenvalue weighted by Gasteiger charge is 2.23. The minimum atomic E-state index is 0.841. The van der Waals surface area contributed by atoms with E-state index in [2.05, 4.69) is 372 Å². The van der Waals surface area contributed by atoms with Gasteiger partial charge >= 0.3 is 0 Å². The smallest absolute Gasteiger partial charge is 0.129 e. The second-order valence-corrected chi connectivity index (χ2v) is 25.1. The lowest BCUT2D eigenvalue weighted by atomic mass is 9.97. The topological polar surface area (TPSA) is 38.9 Å². The van der Waals surface area contributed by atoms with Gasteiger partial charge in [0.15, 0.2) is 0 Å². The van der Waals surface area contributed by atoms with E-state index in [0.29, 0.717) is 0 Å². The first-order valence-electron chi connectivity index (χ1n) is 32.6. The van der Waals surface area contributed by atoms with Crippen LogP contribution >= 0.6 is 11.7 Å². The molecule has 0 aliphatic heterocycles. The van der Waals surface area contributed by atoms with E-state index in [1.54, 1.807) is 0 Å². The van der Waals surface area contributed by atoms with E-state index < -0.39 is 0 Å². The molecule has 0 saturated carbocycles. The van der Waals surface area contributed by atoms with Crippen molar-refractivity contribution in [1.82, 2.24) is 17.9 Å². The van der Waals surface area contributed by atoms with Crippen LogP contribution in [0.4, 0.5) is 17.1 Å². The molecule has 0 spiro atoms. The van der Waals surface area contributed by atoms with Gasteiger partial charge in [-0.25, -0.2) is 0 Å². The number of anilines is 3. The first-order valence-corrected chi connectivity index (χ1v) is 33.3. The van der Waals surface area contributed by atoms with Gasteiger partial charge < -0.3 is 14.0 Å². The summed E-state index contributed by atoms with van der Waals surface area (Å²) >= 11 is 1.25. The average Bonchev–Trinajstić information content (AvgIpc) is 1.56. The molecule has 96 heavy (non-hydrogen) atoms. The fourth-order valence-corrected chi connectivity index (χ4v) is 14.8. The van der Waals surface area contributed by atoms with Gasteiger partial charge in [0.1, 0.15) is 11.0 Å². The Morgan fingerprint density at radius 3 is 0.917 bits per heavy atom. The van der Waals surface area contributed by atoms with Crippen molar-refractivity contribution >= 4 is 83.4 Å². The summed E-state index contributed by atoms with van der Waals surface area (Å²) in [6.45, 7) is 0. The Morgan fingerprint density at radius 1 is 0.219 bits per heavy atom. The Kier molecular flexibility index (Phi) is 14.0. The van der Waals surface area contributed by atoms with Crippen LogP contribution < -0.4 is 4.90 Å². The summed E-state index contributed by atoms with van der Waals surface area (Å²) in [5, 5.41) is 4.83. The van der Waals surface area contributed by atoms with Crippen molar-refractivity contribution in [3.8, 4) is 100 Å². The number of aromatic nitrogens is 4. The summed E-state index contributed by atoms with van der Waals surface area (Å²) in [7, 11) is 0. The van der Waals surface area contributed by atoms with E-state index in [1.165, 1.54) is 106 Å². The second-order valence-electron chi connectivity index (χ2n) is 24.6. The largest absolute Gasteiger partial charge is 0.309 e. The van der Waals surface area contributed by atoms with Crippen molar-refractivity contribution in [3.63, 3.8) is 0 Å². The SMILES string of the molecule is c1ccc(-c2ccc(-c3ccc4c(c3)c3cc(-c5ccc(-c6ccccc6)cc5)ccc3n4-c3ccc(-c4ccc(N(c5ccc(-c6ccccc6)cc5)c5ccc(-c6ccc7c(c6)c6ccccc6n7-c6ccc(-c7ccccc7)cc6)cc5)c5nsnc45)cc3)cc2)cc1. The third-order valence-corrected chi connectivity index (χ3v) is 19.6. The first kappa shape index (κ1) is 56.3. The lowest BCUT2D eigenvalue weighted by Gasteiger charge is -2.26. The minimum Gasteiger partial charge on any atom is -0.309 e. The average molecular weight is 1240 g/mol. The molecule has 0 N–H and O–H groups in total. The van der Waals surface area contributed by atoms with Crippen LogP contribution in [0.2, 0.25) is 0 Å². The molecular weight excluding hydrogens is 1180 g/mol. The van der Waals surface area contributed by atoms with Crippen LogP contribution in [0.15, 0.2) is 358 Å². The molecule has 15 aromatic carbocycles. The molecule has 450 valence electrons. The second kappa shape index (κ2) is 23.9. The molecule has 6 heteroatoms. The van der Waals surface area contributed by atoms with Crippen LogP contribution in [-0.4, -0.2) is 17.9 Å². The molecule has 0 aliphatic rings. The fourth-order valence-electron chi connectivity index (χ4n) is 14.2. The van der Waals surface area contributed by atoms with Gasteiger partial charge in [-0.3, -0.25) is 0 Å². The quantitative estimate of drug-likeness (QED) is 0.115. The predicted octanol–water partition coefficient (Wildman–Crippen LogP) is 24.7. The minimum absolute atomic E-state index is 0.841. The number of hydrogen-bond acceptors (Lipinski definition) is 4. The van der Waals surface area contributed by atoms with Crippen molar-refractivity contribution in [2.24, 2.45) is 0 Å². The Bertz CT molecular complexity index is 5720. The molecule has 0 fully saturated rings. The highest BCUT2D eigenvalue weighted by Crippen LogP contribution is 2.45. The Morgan fingerprint density at radius 2 is 0.510 bits per heavy atom. The van der Waals surface area contributed by atoms with Crippen LogP contribution in [0.1, 0.15) is 0 Å². The molecule has 3 aromatic heterocycles. The van der Waals surface area contributed by atoms with Crippen molar-refractivity contribution in [3.05, 3.63) is 358 Å². The number of fused-ring (bicyclic) bond motifs is 7. The predicted molar refractivity (Wildman–Crippen MR) is 404 cm³/mol. The fraction of sp³-hybridized carbons (Fsp3) is 0. The molecule has 3 heterocycles. The molecule has 0 unspecified atom stereocenters. The standard InChI is InChI=1S/C90H59N5S/c1-5-15-60(16-6-1)64-25-29-68(30-26-64)73-42-54-86-82(58-73)83-59-74(69-31-27-65(28-32-69)61-17-7-2-8-18-61)43-55-87(83)95(86)78-50-39-71(40-51-78)79-52-56-88(90-89(79)91-96-92-90)93(75-44-33-66(34-45-75)62-19-9-3-10-20-62)76-46-37-70(38-47-76)72-41-53-85-81(57-72)80-23-13-14-24-84(80)94(85)77-48-35-67(36-49-77)63-21-11-4-12-22-63/h1-59H. The summed E-state index contributed by atoms with van der Waals surface area (Å²) < 4.78 is 15.0. The Labute approximate surface area is 560 Å². The molecule has 0 radical (unpaired) electrons. The van der Waals surface area contributed by atoms with Gasteiger partial charge in [-0.05, 0) is 187 Å². The van der Waals surface area contributed by atoms with Crippen LogP contribution in [-0.2, 0) is 0 Å². The molecule has 0 aliphatic carbocycles. The lowest BCUT2D eigenvalue weighted by molar-refractivity contribution is 1.18. The molecule has 0 amide bonds. The first-order chi connectivity index (χ1) is 47.6. The summed E-state index contributed by atoms with van der Waals surface area (Å²) in [6.07, 6.45) is 0. The normalized spacial score (nSPS) is 11.5. The zero-order valence-corrected chi connectivity index (χ0v) is 53.0. The number of rotatable bonds is 13. The van der Waals surface area contributed by atoms with Gasteiger partial charge in [-0.1, -0.05) is 255 Å². The molecule has 18 rings (SSSR count). The molecule has 5 nitrogen and oxygen atoms in total. The summed E-state index contributed by atoms with van der Waals surface area (Å²) in [6, 6.07) is 130. The van der Waals surface area contributed by atoms with Gasteiger partial charge in [-0.15, -0.1) is 0 Å². The maximum Gasteiger partial charge on any atom is 0.129 e. The van der Waals surface area contributed by atoms with E-state index in [4.69, 9.17) is 8.75 Å². The van der Waals surface area contributed by atoms with E-state index in [-0.39, 0.29) is 0 Å². The lowest BCUT2D eigenvalue weighted by Crippen LogP contribution is -2.10. The third kappa shape index (κ3) is 10.1. The van der Waals surface area contributed by atoms with Gasteiger partial charge in [0, 0.05) is 49.9 Å². The Hall–Kier alpha value is -12.5. The maximum atomic E-state index is 5.11. The number of para-hydroxylation sites is 1. The summed E-state index contributed by atoms with van der Waals surface area (Å²) in [5.74, 6) is 0. The zero-order chi connectivity index (χ0) is 63.5. The van der Waals surface area contributed by atoms with Gasteiger partial charge in [0.2, 0.25) is 0 Å². The van der Waals surface area contributed by atoms with Gasteiger partial charge in [0.05, 0.1) is 39.5 Å². The molecule has 0 bridgehead atoms.